The van der Waals surface area contributed by atoms with Crippen LogP contribution in [0.2, 0.25) is 0 Å². The van der Waals surface area contributed by atoms with Crippen LogP contribution in [0.1, 0.15) is 11.7 Å². The largest absolute Gasteiger partial charge is 0.485 e. The topological polar surface area (TPSA) is 67.8 Å². The molecule has 6 heteroatoms. The Balaban J connectivity index is 1.53. The van der Waals surface area contributed by atoms with Crippen LogP contribution in [0, 0.1) is 0 Å². The molecule has 1 aliphatic heterocycles. The van der Waals surface area contributed by atoms with Gasteiger partial charge >= 0.3 is 0 Å². The fourth-order valence-corrected chi connectivity index (χ4v) is 2.81. The Labute approximate surface area is 145 Å². The van der Waals surface area contributed by atoms with Crippen molar-refractivity contribution in [1.29, 1.82) is 0 Å². The molecule has 0 radical (unpaired) electrons. The van der Waals surface area contributed by atoms with Gasteiger partial charge in [0.2, 0.25) is 6.10 Å². The first-order valence-corrected chi connectivity index (χ1v) is 8.88. The Morgan fingerprint density at radius 3 is 2.67 bits per heavy atom. The zero-order valence-electron chi connectivity index (χ0n) is 13.3. The van der Waals surface area contributed by atoms with Gasteiger partial charge in [0.25, 0.3) is 5.91 Å². The number of carbonyl (C=O) groups is 1. The lowest BCUT2D eigenvalue weighted by Crippen LogP contribution is -2.45. The summed E-state index contributed by atoms with van der Waals surface area (Å²) in [6.45, 7) is 0.278. The number of carbonyl (C=O) groups excluding carboxylic acids is 1. The lowest BCUT2D eigenvalue weighted by Gasteiger charge is -2.26. The third-order valence-corrected chi connectivity index (χ3v) is 4.51. The van der Waals surface area contributed by atoms with Crippen molar-refractivity contribution in [2.45, 2.75) is 17.1 Å². The van der Waals surface area contributed by atoms with Crippen LogP contribution < -0.4 is 14.8 Å². The normalized spacial score (nSPS) is 17.2. The van der Waals surface area contributed by atoms with E-state index < -0.39 is 12.2 Å². The summed E-state index contributed by atoms with van der Waals surface area (Å²) < 4.78 is 11.2. The third kappa shape index (κ3) is 3.83. The second-order valence-corrected chi connectivity index (χ2v) is 6.28. The van der Waals surface area contributed by atoms with Crippen LogP contribution in [-0.4, -0.2) is 36.5 Å². The van der Waals surface area contributed by atoms with Gasteiger partial charge in [-0.25, -0.2) is 0 Å². The molecule has 5 nitrogen and oxygen atoms in total. The van der Waals surface area contributed by atoms with Crippen molar-refractivity contribution in [2.75, 3.05) is 19.4 Å². The fourth-order valence-electron chi connectivity index (χ4n) is 2.40. The Morgan fingerprint density at radius 1 is 1.25 bits per heavy atom. The maximum Gasteiger partial charge on any atom is 0.264 e. The van der Waals surface area contributed by atoms with E-state index in [9.17, 15) is 9.90 Å². The van der Waals surface area contributed by atoms with Crippen LogP contribution in [-0.2, 0) is 4.79 Å². The van der Waals surface area contributed by atoms with Crippen molar-refractivity contribution in [3.05, 3.63) is 54.1 Å². The lowest BCUT2D eigenvalue weighted by atomic mass is 10.1. The van der Waals surface area contributed by atoms with Gasteiger partial charge in [0.1, 0.15) is 6.61 Å². The number of hydrogen-bond donors (Lipinski definition) is 2. The van der Waals surface area contributed by atoms with Crippen molar-refractivity contribution in [1.82, 2.24) is 5.32 Å². The van der Waals surface area contributed by atoms with Gasteiger partial charge in [-0.1, -0.05) is 24.3 Å². The van der Waals surface area contributed by atoms with Gasteiger partial charge in [0.05, 0.1) is 6.10 Å². The molecule has 2 N–H and O–H groups in total. The minimum Gasteiger partial charge on any atom is -0.485 e. The van der Waals surface area contributed by atoms with Crippen molar-refractivity contribution in [2.24, 2.45) is 0 Å². The van der Waals surface area contributed by atoms with Crippen LogP contribution >= 0.6 is 11.8 Å². The van der Waals surface area contributed by atoms with Crippen molar-refractivity contribution >= 4 is 17.7 Å². The quantitative estimate of drug-likeness (QED) is 0.815. The Bertz CT molecular complexity index is 704. The molecule has 1 heterocycles. The van der Waals surface area contributed by atoms with Gasteiger partial charge in [-0.15, -0.1) is 11.8 Å². The first-order chi connectivity index (χ1) is 11.7. The molecule has 0 saturated carbocycles. The molecule has 0 bridgehead atoms. The zero-order valence-corrected chi connectivity index (χ0v) is 14.1. The smallest absolute Gasteiger partial charge is 0.264 e. The standard InChI is InChI=1S/C18H19NO4S/c1-24-13-8-6-12(7-9-13)14(20)10-19-18(21)17-11-22-15-4-2-3-5-16(15)23-17/h2-9,14,17,20H,10-11H2,1H3,(H,19,21)/t14-,17+/m0/s1. The average molecular weight is 345 g/mol. The summed E-state index contributed by atoms with van der Waals surface area (Å²) in [6, 6.07) is 14.8. The molecule has 0 saturated heterocycles. The Morgan fingerprint density at radius 2 is 1.96 bits per heavy atom. The fraction of sp³-hybridized carbons (Fsp3) is 0.278. The molecule has 126 valence electrons. The molecule has 0 aromatic heterocycles. The van der Waals surface area contributed by atoms with Gasteiger partial charge in [0, 0.05) is 11.4 Å². The van der Waals surface area contributed by atoms with Gasteiger partial charge in [0.15, 0.2) is 11.5 Å². The Kier molecular flexibility index (Phi) is 5.27. The van der Waals surface area contributed by atoms with Crippen LogP contribution in [0.3, 0.4) is 0 Å². The van der Waals surface area contributed by atoms with E-state index in [1.807, 2.05) is 42.7 Å². The first kappa shape index (κ1) is 16.7. The molecule has 0 aliphatic carbocycles. The van der Waals surface area contributed by atoms with Crippen LogP contribution in [0.15, 0.2) is 53.4 Å². The van der Waals surface area contributed by atoms with Crippen LogP contribution in [0.25, 0.3) is 0 Å². The molecule has 0 fully saturated rings. The van der Waals surface area contributed by atoms with E-state index in [0.29, 0.717) is 11.5 Å². The summed E-state index contributed by atoms with van der Waals surface area (Å²) in [5, 5.41) is 12.9. The minimum absolute atomic E-state index is 0.124. The zero-order chi connectivity index (χ0) is 16.9. The monoisotopic (exact) mass is 345 g/mol. The predicted molar refractivity (Wildman–Crippen MR) is 92.5 cm³/mol. The van der Waals surface area contributed by atoms with E-state index in [2.05, 4.69) is 5.32 Å². The number of hydrogen-bond acceptors (Lipinski definition) is 5. The maximum absolute atomic E-state index is 12.2. The second-order valence-electron chi connectivity index (χ2n) is 5.40. The first-order valence-electron chi connectivity index (χ1n) is 7.65. The molecule has 2 aromatic carbocycles. The van der Waals surface area contributed by atoms with Gasteiger partial charge in [-0.05, 0) is 36.1 Å². The summed E-state index contributed by atoms with van der Waals surface area (Å²) >= 11 is 1.64. The maximum atomic E-state index is 12.2. The van der Waals surface area contributed by atoms with E-state index in [-0.39, 0.29) is 19.1 Å². The number of nitrogens with one attached hydrogen (secondary N) is 1. The lowest BCUT2D eigenvalue weighted by molar-refractivity contribution is -0.130. The van der Waals surface area contributed by atoms with E-state index in [0.717, 1.165) is 10.5 Å². The number of fused-ring (bicyclic) bond motifs is 1. The number of ether oxygens (including phenoxy) is 2. The number of amides is 1. The second kappa shape index (κ2) is 7.59. The molecule has 1 aliphatic rings. The summed E-state index contributed by atoms with van der Waals surface area (Å²) in [4.78, 5) is 13.3. The number of aliphatic hydroxyl groups excluding tert-OH is 1. The van der Waals surface area contributed by atoms with Gasteiger partial charge in [-0.3, -0.25) is 4.79 Å². The number of thioether (sulfide) groups is 1. The highest BCUT2D eigenvalue weighted by Crippen LogP contribution is 2.30. The molecular weight excluding hydrogens is 326 g/mol. The van der Waals surface area contributed by atoms with Gasteiger partial charge in [-0.2, -0.15) is 0 Å². The number of benzene rings is 2. The summed E-state index contributed by atoms with van der Waals surface area (Å²) in [5.74, 6) is 0.886. The van der Waals surface area contributed by atoms with Crippen molar-refractivity contribution < 1.29 is 19.4 Å². The molecule has 3 rings (SSSR count). The minimum atomic E-state index is -0.762. The molecular formula is C18H19NO4S. The number of para-hydroxylation sites is 2. The predicted octanol–water partition coefficient (Wildman–Crippen LogP) is 2.40. The van der Waals surface area contributed by atoms with E-state index in [1.165, 1.54) is 0 Å². The van der Waals surface area contributed by atoms with Crippen LogP contribution in [0.5, 0.6) is 11.5 Å². The molecule has 24 heavy (non-hydrogen) atoms. The molecule has 0 spiro atoms. The van der Waals surface area contributed by atoms with E-state index >= 15 is 0 Å². The third-order valence-electron chi connectivity index (χ3n) is 3.77. The van der Waals surface area contributed by atoms with Crippen molar-refractivity contribution in [3.8, 4) is 11.5 Å². The van der Waals surface area contributed by atoms with Gasteiger partial charge < -0.3 is 19.9 Å². The summed E-state index contributed by atoms with van der Waals surface area (Å²) in [6.07, 6.45) is 0.517. The van der Waals surface area contributed by atoms with E-state index in [4.69, 9.17) is 9.47 Å². The highest BCUT2D eigenvalue weighted by Gasteiger charge is 2.27. The number of aliphatic hydroxyl groups is 1. The molecule has 1 amide bonds. The molecule has 2 atom stereocenters. The summed E-state index contributed by atoms with van der Waals surface area (Å²) in [7, 11) is 0. The van der Waals surface area contributed by atoms with Crippen molar-refractivity contribution in [3.63, 3.8) is 0 Å². The molecule has 0 unspecified atom stereocenters. The average Bonchev–Trinajstić information content (AvgIpc) is 2.65. The SMILES string of the molecule is CSc1ccc([C@@H](O)CNC(=O)[C@H]2COc3ccccc3O2)cc1. The highest BCUT2D eigenvalue weighted by molar-refractivity contribution is 7.98. The van der Waals surface area contributed by atoms with Crippen LogP contribution in [0.4, 0.5) is 0 Å². The number of rotatable bonds is 5. The summed E-state index contributed by atoms with van der Waals surface area (Å²) in [5.41, 5.74) is 0.763. The molecule has 2 aromatic rings. The Hall–Kier alpha value is -2.18. The van der Waals surface area contributed by atoms with E-state index in [1.54, 1.807) is 23.9 Å². The highest BCUT2D eigenvalue weighted by atomic mass is 32.2.